The Morgan fingerprint density at radius 1 is 0.565 bits per heavy atom. The number of aromatic hydroxyl groups is 2. The third-order valence-electron chi connectivity index (χ3n) is 11.3. The smallest absolute Gasteiger partial charge is 0.239 e. The normalized spacial score (nSPS) is 41.5. The van der Waals surface area contributed by atoms with E-state index in [1.165, 1.54) is 45.0 Å². The molecule has 0 aliphatic carbocycles. The molecule has 0 bridgehead atoms. The molecule has 0 saturated carbocycles. The fourth-order valence-electron chi connectivity index (χ4n) is 7.50. The molecule has 23 nitrogen and oxygen atoms in total. The van der Waals surface area contributed by atoms with Crippen molar-refractivity contribution in [2.24, 2.45) is 0 Å². The zero-order valence-electron chi connectivity index (χ0n) is 33.1. The number of phenolic OH excluding ortho intramolecular Hbond substituents is 2. The van der Waals surface area contributed by atoms with Gasteiger partial charge in [0.2, 0.25) is 23.8 Å². The highest BCUT2D eigenvalue weighted by atomic mass is 16.8. The topological polar surface area (TPSA) is 367 Å². The van der Waals surface area contributed by atoms with Gasteiger partial charge in [-0.15, -0.1) is 0 Å². The fourth-order valence-corrected chi connectivity index (χ4v) is 7.50. The highest BCUT2D eigenvalue weighted by Gasteiger charge is 2.52. The van der Waals surface area contributed by atoms with Gasteiger partial charge < -0.3 is 109 Å². The third kappa shape index (κ3) is 8.83. The van der Waals surface area contributed by atoms with Crippen LogP contribution in [0.1, 0.15) is 20.8 Å². The van der Waals surface area contributed by atoms with Gasteiger partial charge in [-0.05, 0) is 45.0 Å². The van der Waals surface area contributed by atoms with Crippen LogP contribution in [0, 0.1) is 0 Å². The monoisotopic (exact) mass is 886 g/mol. The minimum atomic E-state index is -2.06. The van der Waals surface area contributed by atoms with Gasteiger partial charge in [-0.1, -0.05) is 0 Å². The molecule has 62 heavy (non-hydrogen) atoms. The van der Waals surface area contributed by atoms with Gasteiger partial charge in [0, 0.05) is 17.7 Å². The maximum absolute atomic E-state index is 14.5. The summed E-state index contributed by atoms with van der Waals surface area (Å²) in [4.78, 5) is 14.5. The Labute approximate surface area is 350 Å². The van der Waals surface area contributed by atoms with Gasteiger partial charge in [0.05, 0.1) is 24.9 Å². The summed E-state index contributed by atoms with van der Waals surface area (Å²) >= 11 is 0. The van der Waals surface area contributed by atoms with E-state index in [1.54, 1.807) is 0 Å². The lowest BCUT2D eigenvalue weighted by Crippen LogP contribution is -2.65. The van der Waals surface area contributed by atoms with Crippen LogP contribution in [0.3, 0.4) is 0 Å². The minimum absolute atomic E-state index is 0.0728. The zero-order chi connectivity index (χ0) is 45.1. The van der Waals surface area contributed by atoms with Gasteiger partial charge in [0.1, 0.15) is 101 Å². The van der Waals surface area contributed by atoms with Crippen molar-refractivity contribution in [3.05, 3.63) is 46.6 Å². The molecule has 0 unspecified atom stereocenters. The lowest BCUT2D eigenvalue weighted by Gasteiger charge is -2.46. The van der Waals surface area contributed by atoms with Crippen LogP contribution in [0.4, 0.5) is 0 Å². The summed E-state index contributed by atoms with van der Waals surface area (Å²) in [6, 6.07) is 7.21. The van der Waals surface area contributed by atoms with Crippen molar-refractivity contribution in [2.75, 3.05) is 6.61 Å². The first-order valence-corrected chi connectivity index (χ1v) is 19.6. The molecule has 0 radical (unpaired) electrons. The fraction of sp³-hybridized carbons (Fsp3) is 0.615. The first kappa shape index (κ1) is 46.2. The van der Waals surface area contributed by atoms with Crippen molar-refractivity contribution in [1.82, 2.24) is 0 Å². The SMILES string of the molecule is C[C@@H]1O[C@H](Oc2cc(O)c3c(=O)c(O[C@H]4O[C@@H](CO[C@H]5O[C@H](C)[C@H](O)[C@@H](O)[C@@H]5O)[C@H](O)[C@@H](O)[C@@H]4O[C@H]4O[C@H](C)[C@H](O)[C@H](O)[C@@H]4O)c(-c4ccc(O)cc4)oc3c2)[C@@H](O)[C@H](O)[C@H]1O. The number of aliphatic hydroxyl groups is 11. The molecule has 0 amide bonds. The maximum Gasteiger partial charge on any atom is 0.239 e. The molecular weight excluding hydrogens is 836 g/mol. The second-order valence-corrected chi connectivity index (χ2v) is 15.7. The number of phenols is 2. The van der Waals surface area contributed by atoms with E-state index in [4.69, 9.17) is 42.3 Å². The lowest BCUT2D eigenvalue weighted by molar-refractivity contribution is -0.360. The average Bonchev–Trinajstić information content (AvgIpc) is 3.24. The van der Waals surface area contributed by atoms with Crippen LogP contribution in [0.15, 0.2) is 45.6 Å². The second-order valence-electron chi connectivity index (χ2n) is 15.7. The third-order valence-corrected chi connectivity index (χ3v) is 11.3. The summed E-state index contributed by atoms with van der Waals surface area (Å²) in [5.74, 6) is -2.31. The molecule has 4 fully saturated rings. The van der Waals surface area contributed by atoms with Crippen LogP contribution in [0.2, 0.25) is 0 Å². The van der Waals surface area contributed by atoms with Crippen LogP contribution in [-0.4, -0.2) is 196 Å². The standard InChI is InChI=1S/C39H50O23/c1-11-21(42)26(47)30(51)36(55-11)54-10-19-24(45)29(50)35(62-38-32(53)28(49)23(44)13(3)57-38)39(60-19)61-34-25(46)20-17(41)8-16(58-37-31(52)27(48)22(43)12(2)56-37)9-18(20)59-33(34)14-4-6-15(40)7-5-14/h4-9,11-13,19,21-24,26-32,35-45,47-53H,10H2,1-3H3/t11-,12+,13-,19+,21+,22+,23+,24+,26-,27-,28+,29-,30+,31+,32+,35+,36+,37-,38-,39-/m1/s1. The molecule has 4 aliphatic heterocycles. The quantitative estimate of drug-likeness (QED) is 0.0921. The number of ether oxygens (including phenoxy) is 8. The number of rotatable bonds is 10. The highest BCUT2D eigenvalue weighted by Crippen LogP contribution is 2.39. The predicted octanol–water partition coefficient (Wildman–Crippen LogP) is -4.04. The lowest BCUT2D eigenvalue weighted by atomic mass is 9.97. The predicted molar refractivity (Wildman–Crippen MR) is 201 cm³/mol. The van der Waals surface area contributed by atoms with Crippen molar-refractivity contribution in [1.29, 1.82) is 0 Å². The Morgan fingerprint density at radius 2 is 1.10 bits per heavy atom. The summed E-state index contributed by atoms with van der Waals surface area (Å²) < 4.78 is 52.0. The van der Waals surface area contributed by atoms with E-state index in [1.807, 2.05) is 0 Å². The van der Waals surface area contributed by atoms with Crippen molar-refractivity contribution in [3.63, 3.8) is 0 Å². The highest BCUT2D eigenvalue weighted by molar-refractivity contribution is 5.88. The molecule has 4 aliphatic rings. The number of hydrogen-bond acceptors (Lipinski definition) is 23. The molecule has 0 spiro atoms. The summed E-state index contributed by atoms with van der Waals surface area (Å²) in [6.45, 7) is 3.47. The van der Waals surface area contributed by atoms with Crippen LogP contribution < -0.4 is 14.9 Å². The molecule has 344 valence electrons. The Balaban J connectivity index is 1.27. The van der Waals surface area contributed by atoms with E-state index in [9.17, 15) is 71.2 Å². The molecule has 20 atom stereocenters. The van der Waals surface area contributed by atoms with E-state index in [2.05, 4.69) is 0 Å². The van der Waals surface area contributed by atoms with Crippen LogP contribution >= 0.6 is 0 Å². The van der Waals surface area contributed by atoms with Gasteiger partial charge >= 0.3 is 0 Å². The van der Waals surface area contributed by atoms with E-state index in [-0.39, 0.29) is 22.6 Å². The largest absolute Gasteiger partial charge is 0.508 e. The Morgan fingerprint density at radius 3 is 1.69 bits per heavy atom. The van der Waals surface area contributed by atoms with Gasteiger partial charge in [0.25, 0.3) is 0 Å². The van der Waals surface area contributed by atoms with E-state index in [0.29, 0.717) is 0 Å². The summed E-state index contributed by atoms with van der Waals surface area (Å²) in [5, 5.41) is 137. The molecule has 7 rings (SSSR count). The molecular formula is C39H50O23. The second kappa shape index (κ2) is 18.3. The molecule has 4 saturated heterocycles. The number of fused-ring (bicyclic) bond motifs is 1. The first-order valence-electron chi connectivity index (χ1n) is 19.6. The molecule has 1 aromatic heterocycles. The van der Waals surface area contributed by atoms with Gasteiger partial charge in [-0.2, -0.15) is 0 Å². The maximum atomic E-state index is 14.5. The van der Waals surface area contributed by atoms with Gasteiger partial charge in [-0.25, -0.2) is 0 Å². The van der Waals surface area contributed by atoms with E-state index >= 15 is 0 Å². The van der Waals surface area contributed by atoms with E-state index < -0.39 is 158 Å². The van der Waals surface area contributed by atoms with Crippen LogP contribution in [0.5, 0.6) is 23.0 Å². The minimum Gasteiger partial charge on any atom is -0.508 e. The molecule has 3 aromatic rings. The zero-order valence-corrected chi connectivity index (χ0v) is 33.1. The Hall–Kier alpha value is -3.83. The average molecular weight is 887 g/mol. The number of benzene rings is 2. The summed E-state index contributed by atoms with van der Waals surface area (Å²) in [5.41, 5.74) is -1.36. The summed E-state index contributed by atoms with van der Waals surface area (Å²) in [7, 11) is 0. The van der Waals surface area contributed by atoms with Gasteiger partial charge in [-0.3, -0.25) is 4.79 Å². The van der Waals surface area contributed by atoms with Crippen LogP contribution in [0.25, 0.3) is 22.3 Å². The van der Waals surface area contributed by atoms with E-state index in [0.717, 1.165) is 12.1 Å². The Kier molecular flexibility index (Phi) is 13.7. The molecule has 5 heterocycles. The molecule has 23 heteroatoms. The summed E-state index contributed by atoms with van der Waals surface area (Å²) in [6.07, 6.45) is -32.8. The first-order chi connectivity index (χ1) is 29.3. The number of aliphatic hydroxyl groups excluding tert-OH is 11. The molecule has 2 aromatic carbocycles. The van der Waals surface area contributed by atoms with Gasteiger partial charge in [0.15, 0.2) is 24.4 Å². The van der Waals surface area contributed by atoms with Crippen molar-refractivity contribution < 1.29 is 109 Å². The molecule has 13 N–H and O–H groups in total. The van der Waals surface area contributed by atoms with Crippen LogP contribution in [-0.2, 0) is 28.4 Å². The number of hydrogen-bond donors (Lipinski definition) is 13. The van der Waals surface area contributed by atoms with Crippen molar-refractivity contribution in [2.45, 2.75) is 144 Å². The Bertz CT molecular complexity index is 2060. The van der Waals surface area contributed by atoms with Crippen molar-refractivity contribution >= 4 is 11.0 Å². The van der Waals surface area contributed by atoms with Crippen molar-refractivity contribution in [3.8, 4) is 34.3 Å².